The summed E-state index contributed by atoms with van der Waals surface area (Å²) in [7, 11) is 0. The number of carbonyl (C=O) groups is 1. The van der Waals surface area contributed by atoms with Crippen LogP contribution in [-0.4, -0.2) is 43.8 Å². The number of hydrogen-bond donors (Lipinski definition) is 0. The van der Waals surface area contributed by atoms with Crippen LogP contribution in [0.1, 0.15) is 42.4 Å². The third-order valence-corrected chi connectivity index (χ3v) is 6.63. The lowest BCUT2D eigenvalue weighted by Gasteiger charge is -2.31. The summed E-state index contributed by atoms with van der Waals surface area (Å²) in [6.45, 7) is 1.82. The van der Waals surface area contributed by atoms with Crippen molar-refractivity contribution in [1.82, 2.24) is 24.8 Å². The predicted octanol–water partition coefficient (Wildman–Crippen LogP) is 4.13. The SMILES string of the molecule is O=C(Cn1cccn1)N1CCC(c2nc(-c3cc(C4=CCCC=C4)on3)cs2)CC1. The van der Waals surface area contributed by atoms with E-state index in [1.807, 2.05) is 23.2 Å². The Kier molecular flexibility index (Phi) is 5.31. The van der Waals surface area contributed by atoms with E-state index in [-0.39, 0.29) is 5.91 Å². The molecule has 0 saturated carbocycles. The van der Waals surface area contributed by atoms with Gasteiger partial charge in [-0.3, -0.25) is 9.48 Å². The van der Waals surface area contributed by atoms with Gasteiger partial charge in [-0.05, 0) is 31.7 Å². The second kappa shape index (κ2) is 8.39. The fourth-order valence-corrected chi connectivity index (χ4v) is 4.91. The van der Waals surface area contributed by atoms with Crippen LogP contribution < -0.4 is 0 Å². The Morgan fingerprint density at radius 1 is 1.23 bits per heavy atom. The maximum absolute atomic E-state index is 12.5. The van der Waals surface area contributed by atoms with Crippen molar-refractivity contribution < 1.29 is 9.32 Å². The average molecular weight is 422 g/mol. The van der Waals surface area contributed by atoms with Gasteiger partial charge in [-0.2, -0.15) is 5.10 Å². The topological polar surface area (TPSA) is 77.0 Å². The smallest absolute Gasteiger partial charge is 0.244 e. The molecule has 1 aliphatic carbocycles. The van der Waals surface area contributed by atoms with Crippen molar-refractivity contribution in [3.05, 3.63) is 58.9 Å². The van der Waals surface area contributed by atoms with Crippen molar-refractivity contribution in [2.45, 2.75) is 38.1 Å². The van der Waals surface area contributed by atoms with Crippen molar-refractivity contribution in [3.8, 4) is 11.4 Å². The van der Waals surface area contributed by atoms with Crippen molar-refractivity contribution >= 4 is 22.8 Å². The van der Waals surface area contributed by atoms with Crippen molar-refractivity contribution in [3.63, 3.8) is 0 Å². The van der Waals surface area contributed by atoms with E-state index >= 15 is 0 Å². The number of rotatable bonds is 5. The number of nitrogens with zero attached hydrogens (tertiary/aromatic N) is 5. The standard InChI is InChI=1S/C22H23N5O2S/c28-21(14-27-10-4-9-23-27)26-11-7-17(8-12-26)22-24-19(15-30-22)18-13-20(29-25-18)16-5-2-1-3-6-16/h2,4-6,9-10,13,15,17H,1,3,7-8,11-12,14H2. The fourth-order valence-electron chi connectivity index (χ4n) is 3.93. The molecule has 1 aliphatic heterocycles. The number of likely N-dealkylation sites (tertiary alicyclic amines) is 1. The molecule has 4 heterocycles. The van der Waals surface area contributed by atoms with Gasteiger partial charge < -0.3 is 9.42 Å². The molecular weight excluding hydrogens is 398 g/mol. The summed E-state index contributed by atoms with van der Waals surface area (Å²) in [5, 5.41) is 11.5. The molecule has 8 heteroatoms. The molecule has 3 aromatic heterocycles. The van der Waals surface area contributed by atoms with E-state index in [0.717, 1.165) is 66.5 Å². The van der Waals surface area contributed by atoms with Crippen molar-refractivity contribution in [1.29, 1.82) is 0 Å². The molecule has 2 aliphatic rings. The van der Waals surface area contributed by atoms with Crippen LogP contribution in [-0.2, 0) is 11.3 Å². The zero-order valence-corrected chi connectivity index (χ0v) is 17.4. The highest BCUT2D eigenvalue weighted by molar-refractivity contribution is 7.10. The van der Waals surface area contributed by atoms with Gasteiger partial charge in [0, 0.05) is 48.4 Å². The predicted molar refractivity (Wildman–Crippen MR) is 115 cm³/mol. The van der Waals surface area contributed by atoms with Crippen LogP contribution >= 0.6 is 11.3 Å². The summed E-state index contributed by atoms with van der Waals surface area (Å²) in [6, 6.07) is 3.80. The van der Waals surface area contributed by atoms with Gasteiger partial charge >= 0.3 is 0 Å². The molecule has 30 heavy (non-hydrogen) atoms. The van der Waals surface area contributed by atoms with Gasteiger partial charge in [0.2, 0.25) is 5.91 Å². The quantitative estimate of drug-likeness (QED) is 0.619. The number of piperidine rings is 1. The molecule has 5 rings (SSSR count). The van der Waals surface area contributed by atoms with Gasteiger partial charge in [-0.25, -0.2) is 4.98 Å². The first-order valence-corrected chi connectivity index (χ1v) is 11.2. The fraction of sp³-hybridized carbons (Fsp3) is 0.364. The molecule has 1 saturated heterocycles. The molecule has 0 unspecified atom stereocenters. The molecule has 154 valence electrons. The minimum atomic E-state index is 0.123. The number of carbonyl (C=O) groups excluding carboxylic acids is 1. The van der Waals surface area contributed by atoms with Gasteiger partial charge in [0.15, 0.2) is 5.76 Å². The van der Waals surface area contributed by atoms with Crippen LogP contribution in [0.4, 0.5) is 0 Å². The first-order valence-electron chi connectivity index (χ1n) is 10.3. The lowest BCUT2D eigenvalue weighted by molar-refractivity contribution is -0.133. The Morgan fingerprint density at radius 2 is 2.13 bits per heavy atom. The summed E-state index contributed by atoms with van der Waals surface area (Å²) in [6.07, 6.45) is 13.9. The van der Waals surface area contributed by atoms with Crippen molar-refractivity contribution in [2.24, 2.45) is 0 Å². The van der Waals surface area contributed by atoms with Gasteiger partial charge in [-0.1, -0.05) is 23.4 Å². The second-order valence-electron chi connectivity index (χ2n) is 7.65. The van der Waals surface area contributed by atoms with Crippen LogP contribution in [0.3, 0.4) is 0 Å². The highest BCUT2D eigenvalue weighted by Crippen LogP contribution is 2.33. The second-order valence-corrected chi connectivity index (χ2v) is 8.53. The molecule has 1 fully saturated rings. The van der Waals surface area contributed by atoms with Crippen LogP contribution in [0.25, 0.3) is 17.0 Å². The zero-order valence-electron chi connectivity index (χ0n) is 16.6. The van der Waals surface area contributed by atoms with Gasteiger partial charge in [0.05, 0.1) is 5.01 Å². The van der Waals surface area contributed by atoms with E-state index in [0.29, 0.717) is 12.5 Å². The van der Waals surface area contributed by atoms with E-state index in [1.165, 1.54) is 0 Å². The number of allylic oxidation sites excluding steroid dienone is 4. The Balaban J connectivity index is 1.20. The molecule has 0 spiro atoms. The van der Waals surface area contributed by atoms with E-state index < -0.39 is 0 Å². The third kappa shape index (κ3) is 4.00. The Hall–Kier alpha value is -3.00. The molecule has 0 atom stereocenters. The minimum Gasteiger partial charge on any atom is -0.356 e. The zero-order chi connectivity index (χ0) is 20.3. The van der Waals surface area contributed by atoms with Gasteiger partial charge in [0.1, 0.15) is 17.9 Å². The van der Waals surface area contributed by atoms with Crippen LogP contribution in [0.5, 0.6) is 0 Å². The highest BCUT2D eigenvalue weighted by Gasteiger charge is 2.26. The van der Waals surface area contributed by atoms with Crippen molar-refractivity contribution in [2.75, 3.05) is 13.1 Å². The first kappa shape index (κ1) is 19.0. The molecule has 7 nitrogen and oxygen atoms in total. The Labute approximate surface area is 178 Å². The number of amides is 1. The Bertz CT molecular complexity index is 1070. The van der Waals surface area contributed by atoms with Crippen LogP contribution in [0.15, 0.2) is 52.7 Å². The van der Waals surface area contributed by atoms with E-state index in [2.05, 4.69) is 33.9 Å². The monoisotopic (exact) mass is 421 g/mol. The summed E-state index contributed by atoms with van der Waals surface area (Å²) in [5.74, 6) is 1.30. The minimum absolute atomic E-state index is 0.123. The number of aromatic nitrogens is 4. The normalized spacial score (nSPS) is 17.3. The van der Waals surface area contributed by atoms with E-state index in [1.54, 1.807) is 22.2 Å². The maximum atomic E-state index is 12.5. The lowest BCUT2D eigenvalue weighted by atomic mass is 9.97. The molecule has 0 radical (unpaired) electrons. The highest BCUT2D eigenvalue weighted by atomic mass is 32.1. The van der Waals surface area contributed by atoms with Crippen LogP contribution in [0.2, 0.25) is 0 Å². The maximum Gasteiger partial charge on any atom is 0.244 e. The molecule has 1 amide bonds. The first-order chi connectivity index (χ1) is 14.8. The van der Waals surface area contributed by atoms with Gasteiger partial charge in [-0.15, -0.1) is 11.3 Å². The molecule has 0 bridgehead atoms. The molecule has 0 N–H and O–H groups in total. The Morgan fingerprint density at radius 3 is 2.90 bits per heavy atom. The summed E-state index contributed by atoms with van der Waals surface area (Å²) >= 11 is 1.67. The number of thiazole rings is 1. The summed E-state index contributed by atoms with van der Waals surface area (Å²) < 4.78 is 7.21. The van der Waals surface area contributed by atoms with Crippen LogP contribution in [0, 0.1) is 0 Å². The largest absolute Gasteiger partial charge is 0.356 e. The van der Waals surface area contributed by atoms with E-state index in [9.17, 15) is 4.79 Å². The third-order valence-electron chi connectivity index (χ3n) is 5.63. The molecule has 3 aromatic rings. The summed E-state index contributed by atoms with van der Waals surface area (Å²) in [5.41, 5.74) is 2.73. The van der Waals surface area contributed by atoms with Gasteiger partial charge in [0.25, 0.3) is 0 Å². The molecular formula is C22H23N5O2S. The average Bonchev–Trinajstić information content (AvgIpc) is 3.55. The molecule has 0 aromatic carbocycles. The lowest BCUT2D eigenvalue weighted by Crippen LogP contribution is -2.39. The number of hydrogen-bond acceptors (Lipinski definition) is 6. The summed E-state index contributed by atoms with van der Waals surface area (Å²) in [4.78, 5) is 19.2. The van der Waals surface area contributed by atoms with E-state index in [4.69, 9.17) is 9.51 Å².